The van der Waals surface area contributed by atoms with E-state index in [9.17, 15) is 9.59 Å². The molecule has 3 atom stereocenters. The van der Waals surface area contributed by atoms with Gasteiger partial charge in [0.05, 0.1) is 12.6 Å². The fraction of sp³-hybridized carbons (Fsp3) is 0.360. The molecule has 0 radical (unpaired) electrons. The van der Waals surface area contributed by atoms with Gasteiger partial charge in [-0.05, 0) is 55.0 Å². The first-order valence-corrected chi connectivity index (χ1v) is 12.0. The highest BCUT2D eigenvalue weighted by Gasteiger charge is 2.40. The predicted molar refractivity (Wildman–Crippen MR) is 128 cm³/mol. The van der Waals surface area contributed by atoms with Crippen molar-refractivity contribution in [3.8, 4) is 5.75 Å². The zero-order valence-electron chi connectivity index (χ0n) is 17.9. The zero-order valence-corrected chi connectivity index (χ0v) is 18.7. The minimum atomic E-state index is -0.327. The molecule has 3 heterocycles. The highest BCUT2D eigenvalue weighted by Crippen LogP contribution is 2.45. The fourth-order valence-electron chi connectivity index (χ4n) is 5.78. The predicted octanol–water partition coefficient (Wildman–Crippen LogP) is 3.62. The molecule has 2 aliphatic rings. The number of thiophene rings is 1. The average molecular weight is 448 g/mol. The zero-order chi connectivity index (χ0) is 21.8. The number of fused-ring (bicyclic) bond motifs is 6. The first-order chi connectivity index (χ1) is 15.7. The number of aromatic nitrogens is 2. The molecule has 1 unspecified atom stereocenters. The molecule has 0 bridgehead atoms. The summed E-state index contributed by atoms with van der Waals surface area (Å²) in [5.74, 6) is 1.94. The van der Waals surface area contributed by atoms with Gasteiger partial charge in [-0.3, -0.25) is 9.36 Å². The van der Waals surface area contributed by atoms with E-state index in [4.69, 9.17) is 4.74 Å². The van der Waals surface area contributed by atoms with Crippen molar-refractivity contribution in [3.05, 3.63) is 74.4 Å². The van der Waals surface area contributed by atoms with Crippen molar-refractivity contribution in [2.75, 3.05) is 13.7 Å². The molecular weight excluding hydrogens is 422 g/mol. The number of ether oxygens (including phenoxy) is 1. The summed E-state index contributed by atoms with van der Waals surface area (Å²) in [4.78, 5) is 29.0. The Labute approximate surface area is 188 Å². The molecule has 2 aromatic heterocycles. The molecule has 1 saturated heterocycles. The monoisotopic (exact) mass is 447 g/mol. The lowest BCUT2D eigenvalue weighted by atomic mass is 9.73. The third-order valence-electron chi connectivity index (χ3n) is 7.27. The summed E-state index contributed by atoms with van der Waals surface area (Å²) in [6.07, 6.45) is 2.91. The first kappa shape index (κ1) is 19.8. The van der Waals surface area contributed by atoms with E-state index >= 15 is 0 Å². The Morgan fingerprint density at radius 3 is 2.91 bits per heavy atom. The number of methoxy groups -OCH3 is 1. The molecule has 4 aromatic rings. The van der Waals surface area contributed by atoms with Crippen molar-refractivity contribution >= 4 is 31.6 Å². The molecule has 0 saturated carbocycles. The number of benzene rings is 2. The Kier molecular flexibility index (Phi) is 4.69. The van der Waals surface area contributed by atoms with Gasteiger partial charge in [-0.25, -0.2) is 4.79 Å². The van der Waals surface area contributed by atoms with Crippen LogP contribution in [0.1, 0.15) is 29.9 Å². The van der Waals surface area contributed by atoms with Gasteiger partial charge < -0.3 is 15.0 Å². The maximum absolute atomic E-state index is 13.2. The van der Waals surface area contributed by atoms with Crippen molar-refractivity contribution in [2.45, 2.75) is 37.8 Å². The second-order valence-corrected chi connectivity index (χ2v) is 9.90. The molecule has 164 valence electrons. The van der Waals surface area contributed by atoms with Gasteiger partial charge in [0.1, 0.15) is 10.4 Å². The van der Waals surface area contributed by atoms with Gasteiger partial charge in [-0.1, -0.05) is 30.3 Å². The third-order valence-corrected chi connectivity index (χ3v) is 8.43. The molecule has 2 N–H and O–H groups in total. The first-order valence-electron chi connectivity index (χ1n) is 11.2. The van der Waals surface area contributed by atoms with Crippen LogP contribution in [0.25, 0.3) is 20.3 Å². The molecule has 1 fully saturated rings. The van der Waals surface area contributed by atoms with Gasteiger partial charge in [0.15, 0.2) is 0 Å². The number of hydrogen-bond donors (Lipinski definition) is 2. The molecule has 1 aliphatic heterocycles. The lowest BCUT2D eigenvalue weighted by molar-refractivity contribution is 0.371. The number of rotatable bonds is 4. The van der Waals surface area contributed by atoms with Crippen molar-refractivity contribution in [1.82, 2.24) is 14.9 Å². The van der Waals surface area contributed by atoms with Crippen molar-refractivity contribution in [2.24, 2.45) is 5.92 Å². The minimum Gasteiger partial charge on any atom is -0.496 e. The SMILES string of the molecule is COc1cccc2c1CC[C@@H]1CNC(CCn3c(=O)[nH]c4c(sc5ccccc54)c3=O)[C@@H]21. The van der Waals surface area contributed by atoms with Crippen LogP contribution in [0.3, 0.4) is 0 Å². The Morgan fingerprint density at radius 2 is 2.03 bits per heavy atom. The van der Waals surface area contributed by atoms with Crippen LogP contribution < -0.4 is 21.3 Å². The van der Waals surface area contributed by atoms with E-state index in [1.54, 1.807) is 7.11 Å². The summed E-state index contributed by atoms with van der Waals surface area (Å²) in [6.45, 7) is 1.38. The van der Waals surface area contributed by atoms with E-state index < -0.39 is 0 Å². The normalized spacial score (nSPS) is 22.2. The minimum absolute atomic E-state index is 0.190. The van der Waals surface area contributed by atoms with E-state index in [1.165, 1.54) is 27.0 Å². The summed E-state index contributed by atoms with van der Waals surface area (Å²) in [7, 11) is 1.73. The van der Waals surface area contributed by atoms with E-state index in [-0.39, 0.29) is 17.3 Å². The van der Waals surface area contributed by atoms with Crippen molar-refractivity contribution < 1.29 is 4.74 Å². The molecule has 0 spiro atoms. The lowest BCUT2D eigenvalue weighted by Gasteiger charge is -2.32. The molecule has 32 heavy (non-hydrogen) atoms. The third kappa shape index (κ3) is 2.95. The summed E-state index contributed by atoms with van der Waals surface area (Å²) in [6, 6.07) is 14.4. The van der Waals surface area contributed by atoms with Gasteiger partial charge in [-0.15, -0.1) is 11.3 Å². The van der Waals surface area contributed by atoms with Crippen molar-refractivity contribution in [1.29, 1.82) is 0 Å². The van der Waals surface area contributed by atoms with Crippen molar-refractivity contribution in [3.63, 3.8) is 0 Å². The molecule has 1 aliphatic carbocycles. The smallest absolute Gasteiger partial charge is 0.328 e. The Balaban J connectivity index is 1.33. The summed E-state index contributed by atoms with van der Waals surface area (Å²) >= 11 is 1.45. The van der Waals surface area contributed by atoms with Gasteiger partial charge >= 0.3 is 5.69 Å². The topological polar surface area (TPSA) is 76.1 Å². The highest BCUT2D eigenvalue weighted by atomic mass is 32.1. The molecule has 6 rings (SSSR count). The number of hydrogen-bond acceptors (Lipinski definition) is 5. The molecular formula is C25H25N3O3S. The maximum Gasteiger partial charge on any atom is 0.328 e. The van der Waals surface area contributed by atoms with Crippen LogP contribution in [0.15, 0.2) is 52.1 Å². The van der Waals surface area contributed by atoms with Crippen LogP contribution in [0.5, 0.6) is 5.75 Å². The van der Waals surface area contributed by atoms with Gasteiger partial charge in [0, 0.05) is 28.6 Å². The number of H-pyrrole nitrogens is 1. The molecule has 2 aromatic carbocycles. The van der Waals surface area contributed by atoms with E-state index in [2.05, 4.69) is 22.4 Å². The Hall–Kier alpha value is -2.90. The fourth-order valence-corrected chi connectivity index (χ4v) is 6.89. The lowest BCUT2D eigenvalue weighted by Crippen LogP contribution is -2.37. The summed E-state index contributed by atoms with van der Waals surface area (Å²) in [5.41, 5.74) is 2.81. The van der Waals surface area contributed by atoms with Crippen LogP contribution in [0.4, 0.5) is 0 Å². The van der Waals surface area contributed by atoms with Crippen LogP contribution in [-0.2, 0) is 13.0 Å². The van der Waals surface area contributed by atoms with E-state index in [0.717, 1.165) is 41.6 Å². The summed E-state index contributed by atoms with van der Waals surface area (Å²) in [5, 5.41) is 4.61. The summed E-state index contributed by atoms with van der Waals surface area (Å²) < 4.78 is 8.63. The Bertz CT molecular complexity index is 1450. The second kappa shape index (κ2) is 7.60. The molecule has 7 heteroatoms. The van der Waals surface area contributed by atoms with E-state index in [0.29, 0.717) is 28.6 Å². The van der Waals surface area contributed by atoms with Crippen LogP contribution in [0.2, 0.25) is 0 Å². The van der Waals surface area contributed by atoms with E-state index in [1.807, 2.05) is 30.3 Å². The van der Waals surface area contributed by atoms with Gasteiger partial charge in [-0.2, -0.15) is 0 Å². The maximum atomic E-state index is 13.2. The Morgan fingerprint density at radius 1 is 1.16 bits per heavy atom. The molecule has 0 amide bonds. The highest BCUT2D eigenvalue weighted by molar-refractivity contribution is 7.25. The van der Waals surface area contributed by atoms with Crippen LogP contribution in [0, 0.1) is 5.92 Å². The van der Waals surface area contributed by atoms with Crippen LogP contribution in [-0.4, -0.2) is 29.2 Å². The van der Waals surface area contributed by atoms with Crippen LogP contribution >= 0.6 is 11.3 Å². The quantitative estimate of drug-likeness (QED) is 0.501. The standard InChI is InChI=1S/C25H25N3O3S/c1-31-19-7-4-6-16-15(19)10-9-14-13-26-18(21(14)16)11-12-28-24(29)23-22(27-25(28)30)17-5-2-3-8-20(17)32-23/h2-8,14,18,21,26H,9-13H2,1H3,(H,27,30)/t14-,18?,21-/m1/s1. The number of nitrogens with one attached hydrogen (secondary N) is 2. The number of aromatic amines is 1. The number of nitrogens with zero attached hydrogens (tertiary/aromatic N) is 1. The second-order valence-electron chi connectivity index (χ2n) is 8.85. The molecule has 6 nitrogen and oxygen atoms in total. The van der Waals surface area contributed by atoms with Gasteiger partial charge in [0.25, 0.3) is 5.56 Å². The average Bonchev–Trinajstić information content (AvgIpc) is 3.40. The largest absolute Gasteiger partial charge is 0.496 e. The van der Waals surface area contributed by atoms with Gasteiger partial charge in [0.2, 0.25) is 0 Å².